The molecule has 0 heterocycles. The molecule has 0 fully saturated rings. The van der Waals surface area contributed by atoms with Crippen LogP contribution in [0.4, 0.5) is 0 Å². The van der Waals surface area contributed by atoms with E-state index in [0.29, 0.717) is 17.9 Å². The van der Waals surface area contributed by atoms with Gasteiger partial charge >= 0.3 is 0 Å². The summed E-state index contributed by atoms with van der Waals surface area (Å²) in [4.78, 5) is 0. The number of ether oxygens (including phenoxy) is 1. The van der Waals surface area contributed by atoms with Crippen molar-refractivity contribution in [2.75, 3.05) is 7.11 Å². The molecule has 0 bridgehead atoms. The molecule has 21 heavy (non-hydrogen) atoms. The van der Waals surface area contributed by atoms with E-state index in [0.717, 1.165) is 11.1 Å². The first-order chi connectivity index (χ1) is 10.0. The number of rotatable bonds is 6. The summed E-state index contributed by atoms with van der Waals surface area (Å²) in [6, 6.07) is 14.5. The molecule has 2 aromatic rings. The molecule has 0 aliphatic carbocycles. The van der Waals surface area contributed by atoms with E-state index in [1.165, 1.54) is 7.11 Å². The van der Waals surface area contributed by atoms with E-state index in [-0.39, 0.29) is 11.5 Å². The molecule has 0 amide bonds. The summed E-state index contributed by atoms with van der Waals surface area (Å²) in [5.74, 6) is 0.534. The highest BCUT2D eigenvalue weighted by Crippen LogP contribution is 2.23. The van der Waals surface area contributed by atoms with Gasteiger partial charge in [0.15, 0.2) is 9.84 Å². The van der Waals surface area contributed by atoms with Gasteiger partial charge in [-0.25, -0.2) is 8.42 Å². The van der Waals surface area contributed by atoms with Crippen molar-refractivity contribution in [3.8, 4) is 5.75 Å². The average Bonchev–Trinajstić information content (AvgIpc) is 2.47. The van der Waals surface area contributed by atoms with E-state index in [2.05, 4.69) is 0 Å². The summed E-state index contributed by atoms with van der Waals surface area (Å²) in [6.07, 6.45) is 0. The lowest BCUT2D eigenvalue weighted by molar-refractivity contribution is 0.410. The fourth-order valence-corrected chi connectivity index (χ4v) is 3.69. The van der Waals surface area contributed by atoms with Gasteiger partial charge < -0.3 is 10.5 Å². The maximum absolute atomic E-state index is 12.4. The minimum Gasteiger partial charge on any atom is -0.496 e. The molecule has 0 unspecified atom stereocenters. The average molecular weight is 305 g/mol. The number of sulfone groups is 1. The normalized spacial score (nSPS) is 11.3. The quantitative estimate of drug-likeness (QED) is 0.889. The summed E-state index contributed by atoms with van der Waals surface area (Å²) in [7, 11) is -1.73. The highest BCUT2D eigenvalue weighted by atomic mass is 32.2. The van der Waals surface area contributed by atoms with Gasteiger partial charge in [-0.3, -0.25) is 0 Å². The second kappa shape index (κ2) is 6.74. The fourth-order valence-electron chi connectivity index (χ4n) is 2.19. The maximum Gasteiger partial charge on any atom is 0.158 e. The van der Waals surface area contributed by atoms with Gasteiger partial charge in [0, 0.05) is 12.1 Å². The molecular weight excluding hydrogens is 286 g/mol. The Morgan fingerprint density at radius 2 is 1.71 bits per heavy atom. The molecule has 0 saturated heterocycles. The number of hydrogen-bond acceptors (Lipinski definition) is 4. The summed E-state index contributed by atoms with van der Waals surface area (Å²) in [5, 5.41) is 0. The molecular formula is C16H19NO3S. The Morgan fingerprint density at radius 1 is 1.00 bits per heavy atom. The minimum atomic E-state index is -3.27. The summed E-state index contributed by atoms with van der Waals surface area (Å²) in [6.45, 7) is 0.371. The summed E-state index contributed by atoms with van der Waals surface area (Å²) >= 11 is 0. The minimum absolute atomic E-state index is 0.0177. The van der Waals surface area contributed by atoms with E-state index >= 15 is 0 Å². The topological polar surface area (TPSA) is 69.4 Å². The lowest BCUT2D eigenvalue weighted by Gasteiger charge is -2.11. The van der Waals surface area contributed by atoms with Crippen molar-refractivity contribution >= 4 is 9.84 Å². The second-order valence-corrected chi connectivity index (χ2v) is 6.93. The Kier molecular flexibility index (Phi) is 4.98. The van der Waals surface area contributed by atoms with Crippen molar-refractivity contribution < 1.29 is 13.2 Å². The molecule has 5 heteroatoms. The highest BCUT2D eigenvalue weighted by molar-refractivity contribution is 7.89. The van der Waals surface area contributed by atoms with Crippen molar-refractivity contribution in [2.24, 2.45) is 5.73 Å². The van der Waals surface area contributed by atoms with E-state index in [1.807, 2.05) is 36.4 Å². The van der Waals surface area contributed by atoms with Crippen LogP contribution in [0.5, 0.6) is 5.75 Å². The largest absolute Gasteiger partial charge is 0.496 e. The van der Waals surface area contributed by atoms with Crippen LogP contribution in [0.3, 0.4) is 0 Å². The zero-order valence-corrected chi connectivity index (χ0v) is 12.8. The Labute approximate surface area is 125 Å². The SMILES string of the molecule is COc1ccc(CN)cc1CS(=O)(=O)Cc1ccccc1. The Morgan fingerprint density at radius 3 is 2.33 bits per heavy atom. The van der Waals surface area contributed by atoms with Crippen molar-refractivity contribution in [2.45, 2.75) is 18.1 Å². The monoisotopic (exact) mass is 305 g/mol. The highest BCUT2D eigenvalue weighted by Gasteiger charge is 2.16. The van der Waals surface area contributed by atoms with Gasteiger partial charge in [-0.2, -0.15) is 0 Å². The first-order valence-corrected chi connectivity index (χ1v) is 8.46. The molecule has 0 atom stereocenters. The van der Waals surface area contributed by atoms with Crippen molar-refractivity contribution in [1.82, 2.24) is 0 Å². The van der Waals surface area contributed by atoms with Gasteiger partial charge in [-0.05, 0) is 23.3 Å². The Balaban J connectivity index is 2.23. The van der Waals surface area contributed by atoms with Crippen LogP contribution in [0.2, 0.25) is 0 Å². The molecule has 0 spiro atoms. The summed E-state index contributed by atoms with van der Waals surface area (Å²) < 4.78 is 29.9. The fraction of sp³-hybridized carbons (Fsp3) is 0.250. The molecule has 0 saturated carbocycles. The number of methoxy groups -OCH3 is 1. The second-order valence-electron chi connectivity index (χ2n) is 4.87. The lowest BCUT2D eigenvalue weighted by atomic mass is 10.1. The van der Waals surface area contributed by atoms with Crippen LogP contribution >= 0.6 is 0 Å². The third-order valence-corrected chi connectivity index (χ3v) is 4.71. The van der Waals surface area contributed by atoms with Crippen molar-refractivity contribution in [3.63, 3.8) is 0 Å². The van der Waals surface area contributed by atoms with Gasteiger partial charge in [0.25, 0.3) is 0 Å². The molecule has 0 aromatic heterocycles. The van der Waals surface area contributed by atoms with Gasteiger partial charge in [-0.15, -0.1) is 0 Å². The number of nitrogens with two attached hydrogens (primary N) is 1. The van der Waals surface area contributed by atoms with Crippen LogP contribution in [0.15, 0.2) is 48.5 Å². The van der Waals surface area contributed by atoms with Crippen LogP contribution < -0.4 is 10.5 Å². The van der Waals surface area contributed by atoms with E-state index in [9.17, 15) is 8.42 Å². The first kappa shape index (κ1) is 15.5. The van der Waals surface area contributed by atoms with Crippen LogP contribution in [-0.4, -0.2) is 15.5 Å². The van der Waals surface area contributed by atoms with Crippen LogP contribution in [0.1, 0.15) is 16.7 Å². The molecule has 2 N–H and O–H groups in total. The zero-order chi connectivity index (χ0) is 15.3. The standard InChI is InChI=1S/C16H19NO3S/c1-20-16-8-7-14(10-17)9-15(16)12-21(18,19)11-13-5-3-2-4-6-13/h2-9H,10-12,17H2,1H3. The third kappa shape index (κ3) is 4.31. The number of hydrogen-bond donors (Lipinski definition) is 1. The smallest absolute Gasteiger partial charge is 0.158 e. The van der Waals surface area contributed by atoms with Crippen molar-refractivity contribution in [1.29, 1.82) is 0 Å². The molecule has 0 aliphatic rings. The first-order valence-electron chi connectivity index (χ1n) is 6.64. The van der Waals surface area contributed by atoms with E-state index in [4.69, 9.17) is 10.5 Å². The predicted octanol–water partition coefficient (Wildman–Crippen LogP) is 2.27. The van der Waals surface area contributed by atoms with Crippen molar-refractivity contribution in [3.05, 3.63) is 65.2 Å². The van der Waals surface area contributed by atoms with Gasteiger partial charge in [-0.1, -0.05) is 36.4 Å². The Bertz CT molecular complexity index is 697. The zero-order valence-electron chi connectivity index (χ0n) is 12.0. The molecule has 0 aliphatic heterocycles. The van der Waals surface area contributed by atoms with Crippen LogP contribution in [0.25, 0.3) is 0 Å². The lowest BCUT2D eigenvalue weighted by Crippen LogP contribution is -2.09. The molecule has 2 aromatic carbocycles. The van der Waals surface area contributed by atoms with E-state index in [1.54, 1.807) is 12.1 Å². The summed E-state index contributed by atoms with van der Waals surface area (Å²) in [5.41, 5.74) is 7.93. The van der Waals surface area contributed by atoms with E-state index < -0.39 is 9.84 Å². The predicted molar refractivity (Wildman–Crippen MR) is 83.7 cm³/mol. The maximum atomic E-state index is 12.4. The molecule has 2 rings (SSSR count). The van der Waals surface area contributed by atoms with Gasteiger partial charge in [0.1, 0.15) is 5.75 Å². The molecule has 0 radical (unpaired) electrons. The van der Waals surface area contributed by atoms with Crippen LogP contribution in [-0.2, 0) is 27.9 Å². The van der Waals surface area contributed by atoms with Crippen LogP contribution in [0, 0.1) is 0 Å². The third-order valence-electron chi connectivity index (χ3n) is 3.19. The van der Waals surface area contributed by atoms with Gasteiger partial charge in [0.2, 0.25) is 0 Å². The molecule has 4 nitrogen and oxygen atoms in total. The molecule has 112 valence electrons. The van der Waals surface area contributed by atoms with Gasteiger partial charge in [0.05, 0.1) is 18.6 Å². The number of benzene rings is 2. The Hall–Kier alpha value is -1.85.